The summed E-state index contributed by atoms with van der Waals surface area (Å²) < 4.78 is 2.51. The van der Waals surface area contributed by atoms with Crippen molar-refractivity contribution in [1.82, 2.24) is 9.13 Å². The van der Waals surface area contributed by atoms with E-state index in [2.05, 4.69) is 5.32 Å². The molecule has 3 aromatic carbocycles. The third-order valence-corrected chi connectivity index (χ3v) is 5.28. The van der Waals surface area contributed by atoms with Gasteiger partial charge >= 0.3 is 5.69 Å². The van der Waals surface area contributed by atoms with Gasteiger partial charge in [0.2, 0.25) is 5.91 Å². The molecule has 1 N–H and O–H groups in total. The summed E-state index contributed by atoms with van der Waals surface area (Å²) in [6, 6.07) is 24.5. The first-order valence-electron chi connectivity index (χ1n) is 10.2. The second kappa shape index (κ2) is 8.83. The number of aromatic nitrogens is 2. The molecule has 0 fully saturated rings. The standard InChI is InChI=1S/C25H23N3O3/c1-2-27-24(30)20-13-7-9-15-22(20)28(25(27)31)17-23(29)26-21-14-8-6-12-19(21)16-18-10-4-3-5-11-18/h3-15H,2,16-17H2,1H3,(H,26,29). The van der Waals surface area contributed by atoms with E-state index < -0.39 is 5.69 Å². The molecule has 0 radical (unpaired) electrons. The number of fused-ring (bicyclic) bond motifs is 1. The number of hydrogen-bond donors (Lipinski definition) is 1. The Morgan fingerprint density at radius 3 is 2.29 bits per heavy atom. The van der Waals surface area contributed by atoms with E-state index in [-0.39, 0.29) is 24.6 Å². The molecule has 0 spiro atoms. The van der Waals surface area contributed by atoms with Crippen molar-refractivity contribution in [3.05, 3.63) is 111 Å². The highest BCUT2D eigenvalue weighted by Crippen LogP contribution is 2.19. The zero-order valence-corrected chi connectivity index (χ0v) is 17.2. The van der Waals surface area contributed by atoms with Gasteiger partial charge in [0.25, 0.3) is 5.56 Å². The number of anilines is 1. The molecule has 6 nitrogen and oxygen atoms in total. The maximum Gasteiger partial charge on any atom is 0.331 e. The Morgan fingerprint density at radius 1 is 0.839 bits per heavy atom. The molecule has 0 saturated heterocycles. The molecule has 0 saturated carbocycles. The Kier molecular flexibility index (Phi) is 5.80. The van der Waals surface area contributed by atoms with Crippen LogP contribution in [0.25, 0.3) is 10.9 Å². The SMILES string of the molecule is CCn1c(=O)c2ccccc2n(CC(=O)Nc2ccccc2Cc2ccccc2)c1=O. The van der Waals surface area contributed by atoms with Gasteiger partial charge in [-0.05, 0) is 42.7 Å². The van der Waals surface area contributed by atoms with Gasteiger partial charge in [-0.25, -0.2) is 4.79 Å². The van der Waals surface area contributed by atoms with Crippen LogP contribution in [0.1, 0.15) is 18.1 Å². The van der Waals surface area contributed by atoms with E-state index in [1.807, 2.05) is 54.6 Å². The summed E-state index contributed by atoms with van der Waals surface area (Å²) in [4.78, 5) is 38.4. The third-order valence-electron chi connectivity index (χ3n) is 5.28. The lowest BCUT2D eigenvalue weighted by Gasteiger charge is -2.15. The highest BCUT2D eigenvalue weighted by molar-refractivity contribution is 5.92. The molecule has 1 amide bonds. The summed E-state index contributed by atoms with van der Waals surface area (Å²) in [5.74, 6) is -0.325. The molecule has 4 rings (SSSR count). The Labute approximate surface area is 179 Å². The number of rotatable bonds is 6. The topological polar surface area (TPSA) is 73.1 Å². The first-order valence-corrected chi connectivity index (χ1v) is 10.2. The average Bonchev–Trinajstić information content (AvgIpc) is 2.79. The number of carbonyl (C=O) groups is 1. The molecule has 156 valence electrons. The molecule has 0 atom stereocenters. The number of para-hydroxylation sites is 2. The summed E-state index contributed by atoms with van der Waals surface area (Å²) in [5, 5.41) is 3.36. The monoisotopic (exact) mass is 413 g/mol. The summed E-state index contributed by atoms with van der Waals surface area (Å²) >= 11 is 0. The van der Waals surface area contributed by atoms with Gasteiger partial charge < -0.3 is 5.32 Å². The van der Waals surface area contributed by atoms with Gasteiger partial charge in [-0.15, -0.1) is 0 Å². The van der Waals surface area contributed by atoms with Gasteiger partial charge in [0.05, 0.1) is 10.9 Å². The fourth-order valence-corrected chi connectivity index (χ4v) is 3.75. The van der Waals surface area contributed by atoms with Crippen LogP contribution in [0, 0.1) is 0 Å². The van der Waals surface area contributed by atoms with Crippen molar-refractivity contribution in [3.8, 4) is 0 Å². The minimum absolute atomic E-state index is 0.181. The molecular weight excluding hydrogens is 390 g/mol. The minimum atomic E-state index is -0.487. The van der Waals surface area contributed by atoms with Gasteiger partial charge in [-0.3, -0.25) is 18.7 Å². The van der Waals surface area contributed by atoms with Crippen LogP contribution in [-0.2, 0) is 24.3 Å². The second-order valence-electron chi connectivity index (χ2n) is 7.30. The molecule has 4 aromatic rings. The lowest BCUT2D eigenvalue weighted by molar-refractivity contribution is -0.116. The Morgan fingerprint density at radius 2 is 1.52 bits per heavy atom. The van der Waals surface area contributed by atoms with E-state index >= 15 is 0 Å². The fourth-order valence-electron chi connectivity index (χ4n) is 3.75. The van der Waals surface area contributed by atoms with E-state index in [0.717, 1.165) is 15.7 Å². The van der Waals surface area contributed by atoms with E-state index in [1.54, 1.807) is 31.2 Å². The van der Waals surface area contributed by atoms with Gasteiger partial charge in [0.15, 0.2) is 0 Å². The number of benzene rings is 3. The van der Waals surface area contributed by atoms with Crippen LogP contribution < -0.4 is 16.6 Å². The van der Waals surface area contributed by atoms with Crippen LogP contribution in [0.4, 0.5) is 5.69 Å². The maximum absolute atomic E-state index is 12.9. The van der Waals surface area contributed by atoms with Gasteiger partial charge in [0, 0.05) is 12.2 Å². The van der Waals surface area contributed by atoms with Crippen LogP contribution in [0.3, 0.4) is 0 Å². The Balaban J connectivity index is 1.65. The normalized spacial score (nSPS) is 10.9. The van der Waals surface area contributed by atoms with Crippen molar-refractivity contribution < 1.29 is 4.79 Å². The van der Waals surface area contributed by atoms with Gasteiger partial charge in [0.1, 0.15) is 6.54 Å². The molecule has 1 aromatic heterocycles. The van der Waals surface area contributed by atoms with Crippen molar-refractivity contribution >= 4 is 22.5 Å². The second-order valence-corrected chi connectivity index (χ2v) is 7.30. The number of amides is 1. The molecule has 6 heteroatoms. The van der Waals surface area contributed by atoms with Gasteiger partial charge in [-0.2, -0.15) is 0 Å². The smallest absolute Gasteiger partial charge is 0.324 e. The van der Waals surface area contributed by atoms with Crippen molar-refractivity contribution in [2.75, 3.05) is 5.32 Å². The number of carbonyl (C=O) groups excluding carboxylic acids is 1. The maximum atomic E-state index is 12.9. The summed E-state index contributed by atoms with van der Waals surface area (Å²) in [7, 11) is 0. The van der Waals surface area contributed by atoms with Crippen LogP contribution in [-0.4, -0.2) is 15.0 Å². The Bertz CT molecular complexity index is 1350. The van der Waals surface area contributed by atoms with Gasteiger partial charge in [-0.1, -0.05) is 60.7 Å². The lowest BCUT2D eigenvalue weighted by atomic mass is 10.0. The molecule has 0 unspecified atom stereocenters. The molecule has 0 aliphatic carbocycles. The molecular formula is C25H23N3O3. The first-order chi connectivity index (χ1) is 15.1. The van der Waals surface area contributed by atoms with Crippen molar-refractivity contribution in [2.24, 2.45) is 0 Å². The third kappa shape index (κ3) is 4.19. The molecule has 31 heavy (non-hydrogen) atoms. The van der Waals surface area contributed by atoms with E-state index in [1.165, 1.54) is 4.57 Å². The van der Waals surface area contributed by atoms with E-state index in [4.69, 9.17) is 0 Å². The van der Waals surface area contributed by atoms with Crippen LogP contribution in [0.2, 0.25) is 0 Å². The summed E-state index contributed by atoms with van der Waals surface area (Å²) in [6.45, 7) is 1.80. The summed E-state index contributed by atoms with van der Waals surface area (Å²) in [5.41, 5.74) is 2.46. The van der Waals surface area contributed by atoms with Crippen LogP contribution >= 0.6 is 0 Å². The fraction of sp³-hybridized carbons (Fsp3) is 0.160. The molecule has 0 aliphatic heterocycles. The molecule has 1 heterocycles. The molecule has 0 aliphatic rings. The van der Waals surface area contributed by atoms with E-state index in [0.29, 0.717) is 23.0 Å². The quantitative estimate of drug-likeness (QED) is 0.526. The number of nitrogens with zero attached hydrogens (tertiary/aromatic N) is 2. The number of hydrogen-bond acceptors (Lipinski definition) is 3. The summed E-state index contributed by atoms with van der Waals surface area (Å²) in [6.07, 6.45) is 0.681. The largest absolute Gasteiger partial charge is 0.331 e. The van der Waals surface area contributed by atoms with Crippen LogP contribution in [0.15, 0.2) is 88.5 Å². The van der Waals surface area contributed by atoms with Crippen molar-refractivity contribution in [3.63, 3.8) is 0 Å². The van der Waals surface area contributed by atoms with Crippen LogP contribution in [0.5, 0.6) is 0 Å². The number of nitrogens with one attached hydrogen (secondary N) is 1. The Hall–Kier alpha value is -3.93. The first kappa shape index (κ1) is 20.3. The zero-order valence-electron chi connectivity index (χ0n) is 17.2. The predicted molar refractivity (Wildman–Crippen MR) is 122 cm³/mol. The molecule has 0 bridgehead atoms. The minimum Gasteiger partial charge on any atom is -0.324 e. The van der Waals surface area contributed by atoms with Crippen molar-refractivity contribution in [1.29, 1.82) is 0 Å². The van der Waals surface area contributed by atoms with E-state index in [9.17, 15) is 14.4 Å². The highest BCUT2D eigenvalue weighted by Gasteiger charge is 2.15. The zero-order chi connectivity index (χ0) is 21.8. The predicted octanol–water partition coefficient (Wildman–Crippen LogP) is 3.41. The lowest BCUT2D eigenvalue weighted by Crippen LogP contribution is -2.41. The highest BCUT2D eigenvalue weighted by atomic mass is 16.2. The van der Waals surface area contributed by atoms with Crippen molar-refractivity contribution in [2.45, 2.75) is 26.4 Å². The average molecular weight is 413 g/mol.